The summed E-state index contributed by atoms with van der Waals surface area (Å²) in [5, 5.41) is 3.96. The van der Waals surface area contributed by atoms with Gasteiger partial charge in [0.05, 0.1) is 4.91 Å². The lowest BCUT2D eigenvalue weighted by atomic mass is 10.1. The second kappa shape index (κ2) is 8.85. The van der Waals surface area contributed by atoms with E-state index in [1.54, 1.807) is 31.3 Å². The van der Waals surface area contributed by atoms with E-state index in [-0.39, 0.29) is 17.9 Å². The zero-order chi connectivity index (χ0) is 20.1. The molecular weight excluding hydrogens is 396 g/mol. The van der Waals surface area contributed by atoms with E-state index in [4.69, 9.17) is 17.0 Å². The molecule has 9 heteroatoms. The molecule has 0 radical (unpaired) electrons. The van der Waals surface area contributed by atoms with Crippen LogP contribution in [0.1, 0.15) is 22.3 Å². The number of benzene rings is 1. The molecule has 1 unspecified atom stereocenters. The fraction of sp³-hybridized carbons (Fsp3) is 0.158. The SMILES string of the molecule is C=CN(C=NC)NC(=O)c1cccc(C2=CCC(/C=C3\SC(=S)NC3=O)O2)c1. The van der Waals surface area contributed by atoms with Gasteiger partial charge >= 0.3 is 0 Å². The number of rotatable bonds is 6. The second-order valence-corrected chi connectivity index (χ2v) is 7.54. The van der Waals surface area contributed by atoms with E-state index in [9.17, 15) is 9.59 Å². The van der Waals surface area contributed by atoms with Crippen molar-refractivity contribution < 1.29 is 14.3 Å². The fourth-order valence-electron chi connectivity index (χ4n) is 2.62. The highest BCUT2D eigenvalue weighted by Crippen LogP contribution is 2.31. The molecule has 2 aliphatic heterocycles. The van der Waals surface area contributed by atoms with Gasteiger partial charge in [-0.15, -0.1) is 0 Å². The summed E-state index contributed by atoms with van der Waals surface area (Å²) in [7, 11) is 1.60. The molecule has 0 saturated carbocycles. The minimum Gasteiger partial charge on any atom is -0.486 e. The van der Waals surface area contributed by atoms with Crippen molar-refractivity contribution in [2.24, 2.45) is 4.99 Å². The summed E-state index contributed by atoms with van der Waals surface area (Å²) in [6, 6.07) is 7.10. The number of carbonyl (C=O) groups excluding carboxylic acids is 2. The summed E-state index contributed by atoms with van der Waals surface area (Å²) in [6.07, 6.45) is 6.97. The van der Waals surface area contributed by atoms with Crippen LogP contribution in [0.4, 0.5) is 0 Å². The van der Waals surface area contributed by atoms with E-state index in [2.05, 4.69) is 22.3 Å². The van der Waals surface area contributed by atoms with E-state index in [1.807, 2.05) is 12.1 Å². The van der Waals surface area contributed by atoms with Crippen LogP contribution in [0, 0.1) is 0 Å². The maximum absolute atomic E-state index is 12.4. The van der Waals surface area contributed by atoms with Crippen LogP contribution in [-0.4, -0.2) is 40.6 Å². The molecule has 0 aliphatic carbocycles. The van der Waals surface area contributed by atoms with Crippen molar-refractivity contribution in [1.29, 1.82) is 0 Å². The molecule has 1 fully saturated rings. The standard InChI is InChI=1S/C19H18N4O3S2/c1-3-23(11-20-2)22-17(24)13-6-4-5-12(9-13)15-8-7-14(26-15)10-16-18(25)21-19(27)28-16/h3-6,8-11,14H,1,7H2,2H3,(H,22,24)(H,21,25,27)/b16-10-,20-11?. The van der Waals surface area contributed by atoms with E-state index < -0.39 is 0 Å². The molecule has 1 atom stereocenters. The molecule has 0 aromatic heterocycles. The largest absolute Gasteiger partial charge is 0.486 e. The van der Waals surface area contributed by atoms with Gasteiger partial charge in [0.15, 0.2) is 0 Å². The molecule has 2 heterocycles. The molecule has 2 aliphatic rings. The van der Waals surface area contributed by atoms with E-state index in [1.165, 1.54) is 29.3 Å². The van der Waals surface area contributed by atoms with Gasteiger partial charge in [0, 0.05) is 30.8 Å². The van der Waals surface area contributed by atoms with Gasteiger partial charge < -0.3 is 10.1 Å². The third-order valence-corrected chi connectivity index (χ3v) is 5.05. The Labute approximate surface area is 172 Å². The van der Waals surface area contributed by atoms with Crippen molar-refractivity contribution in [3.63, 3.8) is 0 Å². The second-order valence-electron chi connectivity index (χ2n) is 5.82. The first kappa shape index (κ1) is 19.8. The number of hydrogen-bond acceptors (Lipinski definition) is 6. The van der Waals surface area contributed by atoms with Crippen LogP contribution >= 0.6 is 24.0 Å². The van der Waals surface area contributed by atoms with E-state index >= 15 is 0 Å². The summed E-state index contributed by atoms with van der Waals surface area (Å²) >= 11 is 6.22. The number of hydrazine groups is 1. The molecule has 0 spiro atoms. The van der Waals surface area contributed by atoms with Crippen LogP contribution in [0.3, 0.4) is 0 Å². The molecule has 1 aromatic rings. The predicted molar refractivity (Wildman–Crippen MR) is 114 cm³/mol. The van der Waals surface area contributed by atoms with Crippen molar-refractivity contribution in [3.05, 3.63) is 65.2 Å². The maximum atomic E-state index is 12.4. The summed E-state index contributed by atoms with van der Waals surface area (Å²) in [6.45, 7) is 3.61. The first-order chi connectivity index (χ1) is 13.5. The minimum absolute atomic E-state index is 0.201. The normalized spacial score (nSPS) is 20.1. The Bertz CT molecular complexity index is 924. The predicted octanol–water partition coefficient (Wildman–Crippen LogP) is 2.60. The molecule has 1 aromatic carbocycles. The highest BCUT2D eigenvalue weighted by Gasteiger charge is 2.26. The number of nitrogens with zero attached hydrogens (tertiary/aromatic N) is 2. The molecular formula is C19H18N4O3S2. The molecule has 2 amide bonds. The Morgan fingerprint density at radius 3 is 3.04 bits per heavy atom. The third-order valence-electron chi connectivity index (χ3n) is 3.87. The van der Waals surface area contributed by atoms with Crippen molar-refractivity contribution in [2.45, 2.75) is 12.5 Å². The summed E-state index contributed by atoms with van der Waals surface area (Å²) in [4.78, 5) is 28.6. The van der Waals surface area contributed by atoms with Gasteiger partial charge in [-0.2, -0.15) is 0 Å². The zero-order valence-corrected chi connectivity index (χ0v) is 16.7. The Morgan fingerprint density at radius 1 is 1.54 bits per heavy atom. The van der Waals surface area contributed by atoms with Gasteiger partial charge in [-0.3, -0.25) is 25.0 Å². The highest BCUT2D eigenvalue weighted by molar-refractivity contribution is 8.26. The van der Waals surface area contributed by atoms with E-state index in [0.717, 1.165) is 5.56 Å². The number of aliphatic imine (C=N–C) groups is 1. The van der Waals surface area contributed by atoms with Crippen molar-refractivity contribution in [3.8, 4) is 0 Å². The summed E-state index contributed by atoms with van der Waals surface area (Å²) in [5.41, 5.74) is 3.91. The van der Waals surface area contributed by atoms with Crippen LogP contribution in [0.5, 0.6) is 0 Å². The van der Waals surface area contributed by atoms with Crippen molar-refractivity contribution in [1.82, 2.24) is 15.8 Å². The zero-order valence-electron chi connectivity index (χ0n) is 15.0. The van der Waals surface area contributed by atoms with Gasteiger partial charge in [0.2, 0.25) is 0 Å². The summed E-state index contributed by atoms with van der Waals surface area (Å²) < 4.78 is 6.38. The molecule has 0 bridgehead atoms. The van der Waals surface area contributed by atoms with Crippen LogP contribution in [0.15, 0.2) is 59.1 Å². The van der Waals surface area contributed by atoms with Gasteiger partial charge in [-0.25, -0.2) is 0 Å². The van der Waals surface area contributed by atoms with Crippen LogP contribution in [-0.2, 0) is 9.53 Å². The number of thioether (sulfide) groups is 1. The quantitative estimate of drug-likeness (QED) is 0.245. The number of amides is 2. The number of hydrogen-bond donors (Lipinski definition) is 2. The topological polar surface area (TPSA) is 83.0 Å². The monoisotopic (exact) mass is 414 g/mol. The molecule has 3 rings (SSSR count). The lowest BCUT2D eigenvalue weighted by molar-refractivity contribution is -0.115. The lowest BCUT2D eigenvalue weighted by Crippen LogP contribution is -2.37. The van der Waals surface area contributed by atoms with Gasteiger partial charge in [-0.05, 0) is 24.3 Å². The number of nitrogens with one attached hydrogen (secondary N) is 2. The van der Waals surface area contributed by atoms with Crippen LogP contribution in [0.25, 0.3) is 5.76 Å². The smallest absolute Gasteiger partial charge is 0.270 e. The van der Waals surface area contributed by atoms with Gasteiger partial charge in [0.25, 0.3) is 11.8 Å². The van der Waals surface area contributed by atoms with Crippen LogP contribution in [0.2, 0.25) is 0 Å². The first-order valence-corrected chi connectivity index (χ1v) is 9.59. The lowest BCUT2D eigenvalue weighted by Gasteiger charge is -2.16. The molecule has 28 heavy (non-hydrogen) atoms. The number of thiocarbonyl (C=S) groups is 1. The highest BCUT2D eigenvalue weighted by atomic mass is 32.2. The average Bonchev–Trinajstić information content (AvgIpc) is 3.27. The molecule has 144 valence electrons. The molecule has 2 N–H and O–H groups in total. The first-order valence-electron chi connectivity index (χ1n) is 8.36. The van der Waals surface area contributed by atoms with Crippen LogP contribution < -0.4 is 10.7 Å². The molecule has 7 nitrogen and oxygen atoms in total. The van der Waals surface area contributed by atoms with Crippen molar-refractivity contribution >= 4 is 52.2 Å². The van der Waals surface area contributed by atoms with E-state index in [0.29, 0.717) is 27.0 Å². The van der Waals surface area contributed by atoms with Crippen molar-refractivity contribution in [2.75, 3.05) is 7.05 Å². The van der Waals surface area contributed by atoms with Gasteiger partial charge in [-0.1, -0.05) is 42.7 Å². The maximum Gasteiger partial charge on any atom is 0.270 e. The Balaban J connectivity index is 1.68. The van der Waals surface area contributed by atoms with Gasteiger partial charge in [0.1, 0.15) is 22.5 Å². The number of carbonyl (C=O) groups is 2. The Kier molecular flexibility index (Phi) is 6.27. The third kappa shape index (κ3) is 4.68. The number of ether oxygens (including phenoxy) is 1. The minimum atomic E-state index is -0.300. The average molecular weight is 415 g/mol. The fourth-order valence-corrected chi connectivity index (χ4v) is 3.69. The Morgan fingerprint density at radius 2 is 2.36 bits per heavy atom. The molecule has 1 saturated heterocycles. The Hall–Kier alpha value is -2.91. The summed E-state index contributed by atoms with van der Waals surface area (Å²) in [5.74, 6) is 0.165.